The Bertz CT molecular complexity index is 486. The third-order valence-corrected chi connectivity index (χ3v) is 3.37. The van der Waals surface area contributed by atoms with Gasteiger partial charge in [-0.3, -0.25) is 4.79 Å². The van der Waals surface area contributed by atoms with Gasteiger partial charge in [0.25, 0.3) is 5.91 Å². The van der Waals surface area contributed by atoms with E-state index < -0.39 is 0 Å². The van der Waals surface area contributed by atoms with Crippen molar-refractivity contribution in [2.45, 2.75) is 6.42 Å². The van der Waals surface area contributed by atoms with Crippen LogP contribution in [-0.4, -0.2) is 25.5 Å². The minimum atomic E-state index is -0.193. The number of benzene rings is 1. The van der Waals surface area contributed by atoms with E-state index in [1.807, 2.05) is 0 Å². The van der Waals surface area contributed by atoms with Gasteiger partial charge in [-0.25, -0.2) is 0 Å². The molecule has 0 saturated carbocycles. The van der Waals surface area contributed by atoms with Crippen LogP contribution < -0.4 is 10.6 Å². The van der Waals surface area contributed by atoms with Crippen molar-refractivity contribution < 1.29 is 4.79 Å². The van der Waals surface area contributed by atoms with Crippen LogP contribution in [0.3, 0.4) is 0 Å². The first-order chi connectivity index (χ1) is 8.66. The fraction of sp³-hybridized carbons (Fsp3) is 0.308. The van der Waals surface area contributed by atoms with E-state index in [0.717, 1.165) is 19.5 Å². The van der Waals surface area contributed by atoms with Crippen LogP contribution in [0.25, 0.3) is 0 Å². The standard InChI is InChI=1S/C13H14Cl2N2O/c14-10-1-2-12(15)11(7-10)13(18)17-8-9-3-5-16-6-4-9/h1-3,7,16H,4-6,8H2,(H,17,18). The minimum Gasteiger partial charge on any atom is -0.348 e. The summed E-state index contributed by atoms with van der Waals surface area (Å²) in [6.45, 7) is 2.38. The maximum Gasteiger partial charge on any atom is 0.253 e. The normalized spacial score (nSPS) is 15.1. The molecule has 3 nitrogen and oxygen atoms in total. The molecule has 1 aliphatic rings. The Balaban J connectivity index is 1.99. The van der Waals surface area contributed by atoms with Gasteiger partial charge in [0.2, 0.25) is 0 Å². The molecule has 18 heavy (non-hydrogen) atoms. The van der Waals surface area contributed by atoms with Gasteiger partial charge in [0, 0.05) is 18.1 Å². The summed E-state index contributed by atoms with van der Waals surface area (Å²) in [7, 11) is 0. The molecular weight excluding hydrogens is 271 g/mol. The zero-order valence-corrected chi connectivity index (χ0v) is 11.3. The van der Waals surface area contributed by atoms with E-state index in [9.17, 15) is 4.79 Å². The zero-order chi connectivity index (χ0) is 13.0. The lowest BCUT2D eigenvalue weighted by atomic mass is 10.1. The Kier molecular flexibility index (Phi) is 4.64. The molecule has 1 heterocycles. The van der Waals surface area contributed by atoms with Crippen LogP contribution in [0.15, 0.2) is 29.8 Å². The Morgan fingerprint density at radius 3 is 2.94 bits per heavy atom. The summed E-state index contributed by atoms with van der Waals surface area (Å²) in [5.41, 5.74) is 1.65. The quantitative estimate of drug-likeness (QED) is 0.838. The highest BCUT2D eigenvalue weighted by atomic mass is 35.5. The highest BCUT2D eigenvalue weighted by molar-refractivity contribution is 6.35. The summed E-state index contributed by atoms with van der Waals surface area (Å²) < 4.78 is 0. The summed E-state index contributed by atoms with van der Waals surface area (Å²) in [4.78, 5) is 12.0. The molecule has 1 amide bonds. The van der Waals surface area contributed by atoms with Crippen LogP contribution in [0.1, 0.15) is 16.8 Å². The van der Waals surface area contributed by atoms with Gasteiger partial charge in [-0.15, -0.1) is 0 Å². The Labute approximate surface area is 116 Å². The molecule has 1 aromatic carbocycles. The van der Waals surface area contributed by atoms with Crippen LogP contribution in [-0.2, 0) is 0 Å². The van der Waals surface area contributed by atoms with Crippen LogP contribution in [0.4, 0.5) is 0 Å². The fourth-order valence-electron chi connectivity index (χ4n) is 1.79. The predicted octanol–water partition coefficient (Wildman–Crippen LogP) is 2.64. The summed E-state index contributed by atoms with van der Waals surface area (Å²) in [6.07, 6.45) is 3.06. The number of hydrogen-bond donors (Lipinski definition) is 2. The molecule has 0 atom stereocenters. The van der Waals surface area contributed by atoms with Crippen molar-refractivity contribution in [3.05, 3.63) is 45.5 Å². The number of hydrogen-bond acceptors (Lipinski definition) is 2. The molecule has 0 aliphatic carbocycles. The van der Waals surface area contributed by atoms with Gasteiger partial charge in [-0.2, -0.15) is 0 Å². The van der Waals surface area contributed by atoms with Crippen molar-refractivity contribution in [3.8, 4) is 0 Å². The Morgan fingerprint density at radius 1 is 1.39 bits per heavy atom. The molecule has 2 N–H and O–H groups in total. The molecular formula is C13H14Cl2N2O. The summed E-state index contributed by atoms with van der Waals surface area (Å²) >= 11 is 11.8. The van der Waals surface area contributed by atoms with E-state index in [4.69, 9.17) is 23.2 Å². The van der Waals surface area contributed by atoms with Crippen molar-refractivity contribution >= 4 is 29.1 Å². The molecule has 2 rings (SSSR count). The highest BCUT2D eigenvalue weighted by Crippen LogP contribution is 2.20. The lowest BCUT2D eigenvalue weighted by Crippen LogP contribution is -2.29. The van der Waals surface area contributed by atoms with Crippen molar-refractivity contribution in [1.29, 1.82) is 0 Å². The highest BCUT2D eigenvalue weighted by Gasteiger charge is 2.11. The second-order valence-corrected chi connectivity index (χ2v) is 4.97. The third kappa shape index (κ3) is 3.48. The SMILES string of the molecule is O=C(NCC1=CCNCC1)c1cc(Cl)ccc1Cl. The topological polar surface area (TPSA) is 41.1 Å². The fourth-order valence-corrected chi connectivity index (χ4v) is 2.17. The van der Waals surface area contributed by atoms with Crippen LogP contribution in [0, 0.1) is 0 Å². The lowest BCUT2D eigenvalue weighted by molar-refractivity contribution is 0.0957. The van der Waals surface area contributed by atoms with E-state index in [1.54, 1.807) is 18.2 Å². The zero-order valence-electron chi connectivity index (χ0n) is 9.80. The van der Waals surface area contributed by atoms with E-state index in [-0.39, 0.29) is 5.91 Å². The average Bonchev–Trinajstić information content (AvgIpc) is 2.40. The molecule has 0 saturated heterocycles. The minimum absolute atomic E-state index is 0.193. The van der Waals surface area contributed by atoms with Gasteiger partial charge in [-0.05, 0) is 31.2 Å². The third-order valence-electron chi connectivity index (χ3n) is 2.81. The van der Waals surface area contributed by atoms with E-state index in [2.05, 4.69) is 16.7 Å². The predicted molar refractivity (Wildman–Crippen MR) is 74.4 cm³/mol. The first-order valence-corrected chi connectivity index (χ1v) is 6.54. The van der Waals surface area contributed by atoms with Crippen molar-refractivity contribution in [3.63, 3.8) is 0 Å². The number of rotatable bonds is 3. The first-order valence-electron chi connectivity index (χ1n) is 5.78. The number of amides is 1. The Morgan fingerprint density at radius 2 is 2.22 bits per heavy atom. The molecule has 0 bridgehead atoms. The van der Waals surface area contributed by atoms with Crippen LogP contribution in [0.5, 0.6) is 0 Å². The van der Waals surface area contributed by atoms with Gasteiger partial charge in [0.15, 0.2) is 0 Å². The molecule has 0 aromatic heterocycles. The lowest BCUT2D eigenvalue weighted by Gasteiger charge is -2.14. The van der Waals surface area contributed by atoms with Crippen LogP contribution in [0.2, 0.25) is 10.0 Å². The maximum absolute atomic E-state index is 12.0. The van der Waals surface area contributed by atoms with Gasteiger partial charge in [0.05, 0.1) is 10.6 Å². The van der Waals surface area contributed by atoms with E-state index >= 15 is 0 Å². The second-order valence-electron chi connectivity index (χ2n) is 4.12. The molecule has 0 radical (unpaired) electrons. The summed E-state index contributed by atoms with van der Waals surface area (Å²) in [5, 5.41) is 7.00. The molecule has 96 valence electrons. The average molecular weight is 285 g/mol. The van der Waals surface area contributed by atoms with Gasteiger partial charge < -0.3 is 10.6 Å². The molecule has 0 fully saturated rings. The summed E-state index contributed by atoms with van der Waals surface area (Å²) in [6, 6.07) is 4.87. The van der Waals surface area contributed by atoms with Crippen molar-refractivity contribution in [2.24, 2.45) is 0 Å². The molecule has 1 aliphatic heterocycles. The Hall–Kier alpha value is -1.03. The number of carbonyl (C=O) groups excluding carboxylic acids is 1. The number of nitrogens with one attached hydrogen (secondary N) is 2. The monoisotopic (exact) mass is 284 g/mol. The van der Waals surface area contributed by atoms with Gasteiger partial charge in [-0.1, -0.05) is 34.9 Å². The second kappa shape index (κ2) is 6.23. The molecule has 1 aromatic rings. The molecule has 5 heteroatoms. The first kappa shape index (κ1) is 13.4. The maximum atomic E-state index is 12.0. The van der Waals surface area contributed by atoms with Crippen LogP contribution >= 0.6 is 23.2 Å². The van der Waals surface area contributed by atoms with Gasteiger partial charge >= 0.3 is 0 Å². The smallest absolute Gasteiger partial charge is 0.253 e. The number of carbonyl (C=O) groups is 1. The van der Waals surface area contributed by atoms with Gasteiger partial charge in [0.1, 0.15) is 0 Å². The van der Waals surface area contributed by atoms with Crippen molar-refractivity contribution in [1.82, 2.24) is 10.6 Å². The molecule has 0 unspecified atom stereocenters. The number of halogens is 2. The molecule has 0 spiro atoms. The largest absolute Gasteiger partial charge is 0.348 e. The van der Waals surface area contributed by atoms with Crippen molar-refractivity contribution in [2.75, 3.05) is 19.6 Å². The van der Waals surface area contributed by atoms with E-state index in [1.165, 1.54) is 5.57 Å². The van der Waals surface area contributed by atoms with E-state index in [0.29, 0.717) is 22.2 Å². The summed E-state index contributed by atoms with van der Waals surface area (Å²) in [5.74, 6) is -0.193.